The number of rotatable bonds is 8. The van der Waals surface area contributed by atoms with E-state index in [0.717, 1.165) is 22.0 Å². The molecule has 4 aromatic rings. The number of carbonyl (C=O) groups excluding carboxylic acids is 1. The lowest BCUT2D eigenvalue weighted by Crippen LogP contribution is -2.16. The summed E-state index contributed by atoms with van der Waals surface area (Å²) in [6.07, 6.45) is 3.14. The van der Waals surface area contributed by atoms with E-state index in [1.807, 2.05) is 43.3 Å². The molecule has 41 heavy (non-hydrogen) atoms. The lowest BCUT2D eigenvalue weighted by Gasteiger charge is -2.19. The second-order valence-electron chi connectivity index (χ2n) is 9.30. The van der Waals surface area contributed by atoms with Crippen LogP contribution in [0.1, 0.15) is 35.7 Å². The van der Waals surface area contributed by atoms with E-state index in [-0.39, 0.29) is 11.7 Å². The molecule has 0 saturated heterocycles. The van der Waals surface area contributed by atoms with Crippen LogP contribution < -0.4 is 21.7 Å². The Kier molecular flexibility index (Phi) is 9.99. The van der Waals surface area contributed by atoms with Crippen LogP contribution in [0.4, 0.5) is 21.7 Å². The molecule has 6 N–H and O–H groups in total. The van der Waals surface area contributed by atoms with Crippen LogP contribution in [-0.4, -0.2) is 22.9 Å². The number of nitrogens with one attached hydrogen (secondary N) is 4. The summed E-state index contributed by atoms with van der Waals surface area (Å²) >= 11 is 9.85. The fourth-order valence-electron chi connectivity index (χ4n) is 4.40. The number of hydrogen-bond acceptors (Lipinski definition) is 5. The summed E-state index contributed by atoms with van der Waals surface area (Å²) in [4.78, 5) is 20.5. The predicted molar refractivity (Wildman–Crippen MR) is 170 cm³/mol. The number of hydrogen-bond donors (Lipinski definition) is 5. The molecule has 1 amide bonds. The Bertz CT molecular complexity index is 1640. The van der Waals surface area contributed by atoms with Gasteiger partial charge in [-0.25, -0.2) is 9.37 Å². The van der Waals surface area contributed by atoms with Gasteiger partial charge in [0.2, 0.25) is 5.95 Å². The average Bonchev–Trinajstić information content (AvgIpc) is 3.37. The van der Waals surface area contributed by atoms with Crippen molar-refractivity contribution in [1.29, 1.82) is 0 Å². The molecule has 7 nitrogen and oxygen atoms in total. The Labute approximate surface area is 251 Å². The van der Waals surface area contributed by atoms with Crippen LogP contribution in [0.2, 0.25) is 5.02 Å². The predicted octanol–water partition coefficient (Wildman–Crippen LogP) is 8.12. The SMILES string of the molecule is C=C(NCc1ccc(Cl)c(Nc2nc3ccc(C(=O)Nc4ccc(Br)cc4)cc3[nH]2)c1)C1=C(C)CCC=C1F.CN. The first-order valence-electron chi connectivity index (χ1n) is 13.0. The van der Waals surface area contributed by atoms with Gasteiger partial charge in [0.15, 0.2) is 0 Å². The Balaban J connectivity index is 0.00000189. The number of fused-ring (bicyclic) bond motifs is 1. The standard InChI is InChI=1S/C30H26BrClFN5O.CH5N/c1-17-4-3-5-24(33)28(17)18(2)34-16-19-6-12-23(32)26(14-19)37-30-36-25-13-7-20(15-27(25)38-30)29(39)35-22-10-8-21(31)9-11-22;1-2/h5-15,34H,2-4,16H2,1H3,(H,35,39)(H2,36,37,38);2H2,1H3. The van der Waals surface area contributed by atoms with Crippen molar-refractivity contribution in [3.63, 3.8) is 0 Å². The summed E-state index contributed by atoms with van der Waals surface area (Å²) in [5.74, 6) is 0.0401. The normalized spacial score (nSPS) is 12.8. The molecule has 0 aliphatic heterocycles. The van der Waals surface area contributed by atoms with E-state index in [4.69, 9.17) is 11.6 Å². The number of imidazole rings is 1. The van der Waals surface area contributed by atoms with Crippen molar-refractivity contribution in [2.24, 2.45) is 5.73 Å². The van der Waals surface area contributed by atoms with Crippen molar-refractivity contribution in [2.75, 3.05) is 17.7 Å². The van der Waals surface area contributed by atoms with Gasteiger partial charge in [0.25, 0.3) is 5.91 Å². The minimum absolute atomic E-state index is 0.220. The largest absolute Gasteiger partial charge is 0.381 e. The first-order valence-corrected chi connectivity index (χ1v) is 14.1. The van der Waals surface area contributed by atoms with Crippen molar-refractivity contribution in [1.82, 2.24) is 15.3 Å². The molecule has 0 fully saturated rings. The highest BCUT2D eigenvalue weighted by Gasteiger charge is 2.16. The van der Waals surface area contributed by atoms with Gasteiger partial charge in [-0.05, 0) is 93.0 Å². The zero-order chi connectivity index (χ0) is 29.5. The maximum absolute atomic E-state index is 14.3. The summed E-state index contributed by atoms with van der Waals surface area (Å²) < 4.78 is 15.3. The number of allylic oxidation sites excluding steroid dienone is 3. The molecule has 1 aliphatic carbocycles. The smallest absolute Gasteiger partial charge is 0.255 e. The van der Waals surface area contributed by atoms with Gasteiger partial charge in [0.05, 0.1) is 21.7 Å². The van der Waals surface area contributed by atoms with Gasteiger partial charge in [-0.3, -0.25) is 4.79 Å². The maximum Gasteiger partial charge on any atom is 0.255 e. The van der Waals surface area contributed by atoms with E-state index in [0.29, 0.717) is 63.2 Å². The lowest BCUT2D eigenvalue weighted by atomic mass is 9.96. The minimum atomic E-state index is -0.228. The summed E-state index contributed by atoms with van der Waals surface area (Å²) in [5.41, 5.74) is 10.8. The van der Waals surface area contributed by atoms with Gasteiger partial charge >= 0.3 is 0 Å². The van der Waals surface area contributed by atoms with Crippen LogP contribution in [0.25, 0.3) is 11.0 Å². The minimum Gasteiger partial charge on any atom is -0.381 e. The molecule has 1 heterocycles. The number of benzene rings is 3. The number of carbonyl (C=O) groups is 1. The summed E-state index contributed by atoms with van der Waals surface area (Å²) in [6.45, 7) is 6.42. The fourth-order valence-corrected chi connectivity index (χ4v) is 4.83. The number of nitrogens with zero attached hydrogens (tertiary/aromatic N) is 1. The molecule has 0 bridgehead atoms. The molecular formula is C31H31BrClFN6O. The molecule has 0 unspecified atom stereocenters. The lowest BCUT2D eigenvalue weighted by molar-refractivity contribution is 0.102. The van der Waals surface area contributed by atoms with E-state index in [1.165, 1.54) is 7.05 Å². The van der Waals surface area contributed by atoms with E-state index in [1.54, 1.807) is 30.3 Å². The summed E-state index contributed by atoms with van der Waals surface area (Å²) in [5, 5.41) is 9.87. The zero-order valence-electron chi connectivity index (χ0n) is 22.7. The van der Waals surface area contributed by atoms with Crippen molar-refractivity contribution in [2.45, 2.75) is 26.3 Å². The topological polar surface area (TPSA) is 108 Å². The zero-order valence-corrected chi connectivity index (χ0v) is 25.1. The number of anilines is 3. The van der Waals surface area contributed by atoms with Crippen LogP contribution in [0.15, 0.2) is 100 Å². The molecule has 1 aromatic heterocycles. The Morgan fingerprint density at radius 3 is 2.63 bits per heavy atom. The molecule has 0 radical (unpaired) electrons. The van der Waals surface area contributed by atoms with Crippen molar-refractivity contribution < 1.29 is 9.18 Å². The Morgan fingerprint density at radius 2 is 1.90 bits per heavy atom. The van der Waals surface area contributed by atoms with Crippen molar-refractivity contribution in [3.8, 4) is 0 Å². The maximum atomic E-state index is 14.3. The highest BCUT2D eigenvalue weighted by atomic mass is 79.9. The van der Waals surface area contributed by atoms with Crippen molar-refractivity contribution in [3.05, 3.63) is 117 Å². The van der Waals surface area contributed by atoms with Crippen LogP contribution in [0.5, 0.6) is 0 Å². The second kappa shape index (κ2) is 13.6. The molecule has 0 spiro atoms. The van der Waals surface area contributed by atoms with E-state index in [9.17, 15) is 9.18 Å². The van der Waals surface area contributed by atoms with E-state index in [2.05, 4.69) is 54.2 Å². The quantitative estimate of drug-likeness (QED) is 0.134. The van der Waals surface area contributed by atoms with Crippen LogP contribution >= 0.6 is 27.5 Å². The Hall–Kier alpha value is -3.92. The summed E-state index contributed by atoms with van der Waals surface area (Å²) in [7, 11) is 1.50. The number of aromatic nitrogens is 2. The molecule has 0 saturated carbocycles. The first kappa shape index (κ1) is 30.0. The molecule has 5 rings (SSSR count). The number of halogens is 3. The van der Waals surface area contributed by atoms with Gasteiger partial charge in [-0.15, -0.1) is 0 Å². The monoisotopic (exact) mass is 636 g/mol. The van der Waals surface area contributed by atoms with E-state index >= 15 is 0 Å². The van der Waals surface area contributed by atoms with Gasteiger partial charge < -0.3 is 26.7 Å². The fraction of sp³-hybridized carbons (Fsp3) is 0.161. The van der Waals surface area contributed by atoms with Gasteiger partial charge in [-0.2, -0.15) is 0 Å². The Morgan fingerprint density at radius 1 is 1.15 bits per heavy atom. The number of amides is 1. The first-order chi connectivity index (χ1) is 19.8. The molecule has 0 atom stereocenters. The molecule has 3 aromatic carbocycles. The van der Waals surface area contributed by atoms with Gasteiger partial charge in [0, 0.05) is 33.5 Å². The third-order valence-electron chi connectivity index (χ3n) is 6.45. The highest BCUT2D eigenvalue weighted by Crippen LogP contribution is 2.31. The second-order valence-corrected chi connectivity index (χ2v) is 10.6. The number of nitrogens with two attached hydrogens (primary N) is 1. The van der Waals surface area contributed by atoms with Gasteiger partial charge in [-0.1, -0.05) is 45.7 Å². The van der Waals surface area contributed by atoms with Crippen LogP contribution in [-0.2, 0) is 6.54 Å². The third-order valence-corrected chi connectivity index (χ3v) is 7.30. The summed E-state index contributed by atoms with van der Waals surface area (Å²) in [6, 6.07) is 18.3. The van der Waals surface area contributed by atoms with Crippen LogP contribution in [0, 0.1) is 0 Å². The molecular weight excluding hydrogens is 607 g/mol. The van der Waals surface area contributed by atoms with Crippen LogP contribution in [0.3, 0.4) is 0 Å². The average molecular weight is 638 g/mol. The molecule has 1 aliphatic rings. The van der Waals surface area contributed by atoms with E-state index < -0.39 is 0 Å². The number of aromatic amines is 1. The molecule has 212 valence electrons. The highest BCUT2D eigenvalue weighted by molar-refractivity contribution is 9.10. The number of H-pyrrole nitrogens is 1. The third kappa shape index (κ3) is 7.43. The van der Waals surface area contributed by atoms with Gasteiger partial charge in [0.1, 0.15) is 5.83 Å². The molecule has 10 heteroatoms. The van der Waals surface area contributed by atoms with Crippen molar-refractivity contribution >= 4 is 61.8 Å².